The minimum absolute atomic E-state index is 0.452. The van der Waals surface area contributed by atoms with Gasteiger partial charge in [-0.15, -0.1) is 0 Å². The van der Waals surface area contributed by atoms with Crippen LogP contribution >= 0.6 is 27.5 Å². The lowest BCUT2D eigenvalue weighted by Crippen LogP contribution is -2.11. The molecule has 2 aromatic carbocycles. The molecule has 0 spiro atoms. The standard InChI is InChI=1S/C16H16BrClO/c1-12(10-13-6-8-14(18)9-7-13)11-19-16-5-3-2-4-15(16)17/h2-9,12H,10-11H2,1H3/t12-/m0/s1. The molecule has 1 nitrogen and oxygen atoms in total. The Balaban J connectivity index is 1.86. The second-order valence-corrected chi connectivity index (χ2v) is 5.97. The van der Waals surface area contributed by atoms with Crippen molar-refractivity contribution in [3.63, 3.8) is 0 Å². The zero-order valence-corrected chi connectivity index (χ0v) is 13.1. The van der Waals surface area contributed by atoms with Crippen molar-refractivity contribution in [1.82, 2.24) is 0 Å². The molecule has 0 aliphatic carbocycles. The van der Waals surface area contributed by atoms with Gasteiger partial charge in [0.15, 0.2) is 0 Å². The van der Waals surface area contributed by atoms with Gasteiger partial charge < -0.3 is 4.74 Å². The van der Waals surface area contributed by atoms with Gasteiger partial charge in [0.1, 0.15) is 5.75 Å². The Morgan fingerprint density at radius 1 is 1.11 bits per heavy atom. The molecule has 0 saturated heterocycles. The Morgan fingerprint density at radius 3 is 2.47 bits per heavy atom. The number of rotatable bonds is 5. The van der Waals surface area contributed by atoms with Gasteiger partial charge in [0, 0.05) is 5.02 Å². The fraction of sp³-hybridized carbons (Fsp3) is 0.250. The van der Waals surface area contributed by atoms with Crippen LogP contribution in [-0.4, -0.2) is 6.61 Å². The van der Waals surface area contributed by atoms with Crippen LogP contribution in [-0.2, 0) is 6.42 Å². The van der Waals surface area contributed by atoms with Gasteiger partial charge in [-0.2, -0.15) is 0 Å². The summed E-state index contributed by atoms with van der Waals surface area (Å²) in [5.41, 5.74) is 1.28. The molecule has 0 heterocycles. The van der Waals surface area contributed by atoms with E-state index in [0.29, 0.717) is 12.5 Å². The smallest absolute Gasteiger partial charge is 0.133 e. The molecular weight excluding hydrogens is 324 g/mol. The van der Waals surface area contributed by atoms with E-state index >= 15 is 0 Å². The summed E-state index contributed by atoms with van der Waals surface area (Å²) in [4.78, 5) is 0. The molecule has 0 amide bonds. The summed E-state index contributed by atoms with van der Waals surface area (Å²) in [7, 11) is 0. The maximum Gasteiger partial charge on any atom is 0.133 e. The number of benzene rings is 2. The normalized spacial score (nSPS) is 12.2. The molecule has 0 aliphatic rings. The third kappa shape index (κ3) is 4.55. The average molecular weight is 340 g/mol. The maximum atomic E-state index is 5.88. The van der Waals surface area contributed by atoms with Crippen molar-refractivity contribution in [3.05, 3.63) is 63.6 Å². The quantitative estimate of drug-likeness (QED) is 0.712. The molecule has 0 aromatic heterocycles. The van der Waals surface area contributed by atoms with Crippen LogP contribution < -0.4 is 4.74 Å². The summed E-state index contributed by atoms with van der Waals surface area (Å²) in [6, 6.07) is 15.9. The minimum Gasteiger partial charge on any atom is -0.492 e. The molecule has 19 heavy (non-hydrogen) atoms. The van der Waals surface area contributed by atoms with Gasteiger partial charge in [-0.05, 0) is 58.1 Å². The van der Waals surface area contributed by atoms with Crippen molar-refractivity contribution in [2.75, 3.05) is 6.61 Å². The van der Waals surface area contributed by atoms with E-state index in [4.69, 9.17) is 16.3 Å². The van der Waals surface area contributed by atoms with Crippen LogP contribution in [0.25, 0.3) is 0 Å². The average Bonchev–Trinajstić information content (AvgIpc) is 2.40. The fourth-order valence-corrected chi connectivity index (χ4v) is 2.40. The van der Waals surface area contributed by atoms with Gasteiger partial charge in [-0.25, -0.2) is 0 Å². The number of para-hydroxylation sites is 1. The largest absolute Gasteiger partial charge is 0.492 e. The third-order valence-electron chi connectivity index (χ3n) is 2.86. The van der Waals surface area contributed by atoms with Crippen molar-refractivity contribution in [3.8, 4) is 5.75 Å². The zero-order chi connectivity index (χ0) is 13.7. The van der Waals surface area contributed by atoms with Crippen LogP contribution in [0.4, 0.5) is 0 Å². The van der Waals surface area contributed by atoms with Crippen molar-refractivity contribution < 1.29 is 4.74 Å². The molecule has 2 rings (SSSR count). The molecule has 3 heteroatoms. The summed E-state index contributed by atoms with van der Waals surface area (Å²) in [5, 5.41) is 0.779. The molecule has 2 aromatic rings. The lowest BCUT2D eigenvalue weighted by atomic mass is 10.0. The van der Waals surface area contributed by atoms with Crippen LogP contribution in [0, 0.1) is 5.92 Å². The number of hydrogen-bond donors (Lipinski definition) is 0. The van der Waals surface area contributed by atoms with Crippen molar-refractivity contribution >= 4 is 27.5 Å². The van der Waals surface area contributed by atoms with E-state index in [1.54, 1.807) is 0 Å². The number of halogens is 2. The summed E-state index contributed by atoms with van der Waals surface area (Å²) < 4.78 is 6.82. The fourth-order valence-electron chi connectivity index (χ4n) is 1.88. The van der Waals surface area contributed by atoms with Crippen molar-refractivity contribution in [2.45, 2.75) is 13.3 Å². The summed E-state index contributed by atoms with van der Waals surface area (Å²) in [5.74, 6) is 1.35. The molecule has 0 fully saturated rings. The molecular formula is C16H16BrClO. The van der Waals surface area contributed by atoms with Gasteiger partial charge >= 0.3 is 0 Å². The van der Waals surface area contributed by atoms with Gasteiger partial charge in [-0.1, -0.05) is 42.8 Å². The molecule has 0 bridgehead atoms. The SMILES string of the molecule is C[C@H](COc1ccccc1Br)Cc1ccc(Cl)cc1. The van der Waals surface area contributed by atoms with E-state index in [1.807, 2.05) is 36.4 Å². The maximum absolute atomic E-state index is 5.88. The summed E-state index contributed by atoms with van der Waals surface area (Å²) in [6.45, 7) is 2.89. The van der Waals surface area contributed by atoms with Gasteiger partial charge in [-0.3, -0.25) is 0 Å². The van der Waals surface area contributed by atoms with E-state index in [0.717, 1.165) is 21.7 Å². The van der Waals surface area contributed by atoms with E-state index in [9.17, 15) is 0 Å². The van der Waals surface area contributed by atoms with Gasteiger partial charge in [0.05, 0.1) is 11.1 Å². The summed E-state index contributed by atoms with van der Waals surface area (Å²) >= 11 is 9.36. The number of hydrogen-bond acceptors (Lipinski definition) is 1. The molecule has 0 unspecified atom stereocenters. The highest BCUT2D eigenvalue weighted by Crippen LogP contribution is 2.24. The molecule has 1 atom stereocenters. The topological polar surface area (TPSA) is 9.23 Å². The number of ether oxygens (including phenoxy) is 1. The van der Waals surface area contributed by atoms with Crippen molar-refractivity contribution in [2.24, 2.45) is 5.92 Å². The van der Waals surface area contributed by atoms with Crippen LogP contribution in [0.1, 0.15) is 12.5 Å². The van der Waals surface area contributed by atoms with Crippen LogP contribution in [0.15, 0.2) is 53.0 Å². The minimum atomic E-state index is 0.452. The Bertz CT molecular complexity index is 525. The Kier molecular flexibility index (Phi) is 5.29. The molecule has 0 aliphatic heterocycles. The second-order valence-electron chi connectivity index (χ2n) is 4.68. The van der Waals surface area contributed by atoms with E-state index < -0.39 is 0 Å². The lowest BCUT2D eigenvalue weighted by molar-refractivity contribution is 0.258. The van der Waals surface area contributed by atoms with E-state index in [-0.39, 0.29) is 0 Å². The highest BCUT2D eigenvalue weighted by molar-refractivity contribution is 9.10. The lowest BCUT2D eigenvalue weighted by Gasteiger charge is -2.14. The van der Waals surface area contributed by atoms with Crippen LogP contribution in [0.2, 0.25) is 5.02 Å². The van der Waals surface area contributed by atoms with E-state index in [1.165, 1.54) is 5.56 Å². The first-order valence-corrected chi connectivity index (χ1v) is 7.44. The Hall–Kier alpha value is -0.990. The summed E-state index contributed by atoms with van der Waals surface area (Å²) in [6.07, 6.45) is 0.988. The first-order valence-electron chi connectivity index (χ1n) is 6.27. The highest BCUT2D eigenvalue weighted by atomic mass is 79.9. The second kappa shape index (κ2) is 6.97. The molecule has 0 saturated carbocycles. The molecule has 0 radical (unpaired) electrons. The zero-order valence-electron chi connectivity index (χ0n) is 10.8. The van der Waals surface area contributed by atoms with Crippen molar-refractivity contribution in [1.29, 1.82) is 0 Å². The third-order valence-corrected chi connectivity index (χ3v) is 3.76. The Labute approximate surface area is 127 Å². The first-order chi connectivity index (χ1) is 9.15. The van der Waals surface area contributed by atoms with Gasteiger partial charge in [0.2, 0.25) is 0 Å². The van der Waals surface area contributed by atoms with Crippen LogP contribution in [0.5, 0.6) is 5.75 Å². The monoisotopic (exact) mass is 338 g/mol. The Morgan fingerprint density at radius 2 is 1.79 bits per heavy atom. The first kappa shape index (κ1) is 14.4. The molecule has 100 valence electrons. The van der Waals surface area contributed by atoms with Crippen LogP contribution in [0.3, 0.4) is 0 Å². The highest BCUT2D eigenvalue weighted by Gasteiger charge is 2.06. The predicted octanol–water partition coefficient (Wildman–Crippen LogP) is 5.36. The molecule has 0 N–H and O–H groups in total. The van der Waals surface area contributed by atoms with Gasteiger partial charge in [0.25, 0.3) is 0 Å². The van der Waals surface area contributed by atoms with E-state index in [2.05, 4.69) is 35.0 Å². The predicted molar refractivity (Wildman–Crippen MR) is 84.0 cm³/mol.